The quantitative estimate of drug-likeness (QED) is 0.874. The van der Waals surface area contributed by atoms with Gasteiger partial charge in [-0.05, 0) is 56.2 Å². The largest absolute Gasteiger partial charge is 0.388 e. The topological polar surface area (TPSA) is 49.5 Å². The van der Waals surface area contributed by atoms with Crippen molar-refractivity contribution in [2.75, 3.05) is 26.2 Å². The van der Waals surface area contributed by atoms with Crippen LogP contribution in [0.4, 0.5) is 0 Å². The van der Waals surface area contributed by atoms with E-state index in [1.165, 1.54) is 18.5 Å². The zero-order valence-corrected chi connectivity index (χ0v) is 12.9. The predicted molar refractivity (Wildman–Crippen MR) is 86.2 cm³/mol. The molecule has 1 saturated carbocycles. The van der Waals surface area contributed by atoms with Gasteiger partial charge in [-0.15, -0.1) is 0 Å². The molecule has 1 aromatic rings. The van der Waals surface area contributed by atoms with Crippen LogP contribution in [0.25, 0.3) is 0 Å². The van der Waals surface area contributed by atoms with E-state index in [0.29, 0.717) is 18.4 Å². The van der Waals surface area contributed by atoms with E-state index in [4.69, 9.17) is 5.73 Å². The Morgan fingerprint density at radius 1 is 1.24 bits per heavy atom. The smallest absolute Gasteiger partial charge is 0.0797 e. The van der Waals surface area contributed by atoms with Crippen molar-refractivity contribution in [2.45, 2.75) is 43.6 Å². The second kappa shape index (κ2) is 6.47. The van der Waals surface area contributed by atoms with E-state index in [-0.39, 0.29) is 0 Å². The lowest BCUT2D eigenvalue weighted by atomic mass is 9.88. The van der Waals surface area contributed by atoms with Crippen molar-refractivity contribution in [3.05, 3.63) is 35.9 Å². The molecule has 0 bridgehead atoms. The standard InChI is InChI=1S/C18H28N2O/c19-14-18(21)10-4-7-17(18)9-12-20-11-8-16(13-20)15-5-2-1-3-6-15/h1-3,5-6,16-17,21H,4,7-14,19H2. The highest BCUT2D eigenvalue weighted by Gasteiger charge is 2.39. The molecule has 1 heterocycles. The summed E-state index contributed by atoms with van der Waals surface area (Å²) in [5, 5.41) is 10.5. The molecule has 3 heteroatoms. The van der Waals surface area contributed by atoms with Crippen LogP contribution < -0.4 is 5.73 Å². The lowest BCUT2D eigenvalue weighted by Gasteiger charge is -2.30. The van der Waals surface area contributed by atoms with E-state index < -0.39 is 5.60 Å². The molecule has 3 atom stereocenters. The van der Waals surface area contributed by atoms with E-state index in [9.17, 15) is 5.11 Å². The van der Waals surface area contributed by atoms with Gasteiger partial charge in [0.05, 0.1) is 5.60 Å². The van der Waals surface area contributed by atoms with Crippen LogP contribution in [0, 0.1) is 5.92 Å². The number of hydrogen-bond donors (Lipinski definition) is 2. The molecule has 3 unspecified atom stereocenters. The first-order valence-corrected chi connectivity index (χ1v) is 8.41. The summed E-state index contributed by atoms with van der Waals surface area (Å²) in [4.78, 5) is 2.56. The molecule has 3 nitrogen and oxygen atoms in total. The van der Waals surface area contributed by atoms with Crippen LogP contribution in [0.15, 0.2) is 30.3 Å². The van der Waals surface area contributed by atoms with E-state index in [2.05, 4.69) is 35.2 Å². The number of aliphatic hydroxyl groups is 1. The summed E-state index contributed by atoms with van der Waals surface area (Å²) < 4.78 is 0. The first-order valence-electron chi connectivity index (χ1n) is 8.41. The minimum Gasteiger partial charge on any atom is -0.388 e. The average molecular weight is 288 g/mol. The maximum atomic E-state index is 10.5. The number of likely N-dealkylation sites (tertiary alicyclic amines) is 1. The highest BCUT2D eigenvalue weighted by atomic mass is 16.3. The van der Waals surface area contributed by atoms with Crippen molar-refractivity contribution in [2.24, 2.45) is 11.7 Å². The summed E-state index contributed by atoms with van der Waals surface area (Å²) in [6, 6.07) is 10.9. The van der Waals surface area contributed by atoms with Crippen molar-refractivity contribution in [3.63, 3.8) is 0 Å². The maximum absolute atomic E-state index is 10.5. The van der Waals surface area contributed by atoms with Gasteiger partial charge in [0, 0.05) is 13.1 Å². The average Bonchev–Trinajstić information content (AvgIpc) is 3.13. The molecule has 21 heavy (non-hydrogen) atoms. The van der Waals surface area contributed by atoms with E-state index in [0.717, 1.165) is 38.8 Å². The van der Waals surface area contributed by atoms with Gasteiger partial charge in [0.15, 0.2) is 0 Å². The van der Waals surface area contributed by atoms with Crippen LogP contribution in [0.2, 0.25) is 0 Å². The summed E-state index contributed by atoms with van der Waals surface area (Å²) in [6.07, 6.45) is 5.51. The zero-order chi connectivity index (χ0) is 14.7. The minimum atomic E-state index is -0.585. The number of nitrogens with zero attached hydrogens (tertiary/aromatic N) is 1. The summed E-state index contributed by atoms with van der Waals surface area (Å²) in [5.74, 6) is 1.08. The number of benzene rings is 1. The third-order valence-electron chi connectivity index (χ3n) is 5.61. The SMILES string of the molecule is NCC1(O)CCCC1CCN1CCC(c2ccccc2)C1. The fraction of sp³-hybridized carbons (Fsp3) is 0.667. The fourth-order valence-electron chi connectivity index (χ4n) is 4.18. The second-order valence-electron chi connectivity index (χ2n) is 6.88. The Labute approximate surface area is 128 Å². The minimum absolute atomic E-state index is 0.401. The van der Waals surface area contributed by atoms with Crippen molar-refractivity contribution in [1.29, 1.82) is 0 Å². The molecule has 2 fully saturated rings. The summed E-state index contributed by atoms with van der Waals surface area (Å²) in [5.41, 5.74) is 6.66. The van der Waals surface area contributed by atoms with Gasteiger partial charge >= 0.3 is 0 Å². The Kier molecular flexibility index (Phi) is 4.63. The molecule has 0 amide bonds. The Morgan fingerprint density at radius 3 is 2.81 bits per heavy atom. The third kappa shape index (κ3) is 3.31. The van der Waals surface area contributed by atoms with Gasteiger partial charge < -0.3 is 15.7 Å². The van der Waals surface area contributed by atoms with Crippen LogP contribution >= 0.6 is 0 Å². The van der Waals surface area contributed by atoms with Gasteiger partial charge in [-0.1, -0.05) is 36.8 Å². The van der Waals surface area contributed by atoms with E-state index in [1.807, 2.05) is 0 Å². The van der Waals surface area contributed by atoms with Gasteiger partial charge in [0.25, 0.3) is 0 Å². The predicted octanol–water partition coefficient (Wildman–Crippen LogP) is 2.36. The molecular formula is C18H28N2O. The van der Waals surface area contributed by atoms with Crippen molar-refractivity contribution >= 4 is 0 Å². The molecule has 2 aliphatic rings. The highest BCUT2D eigenvalue weighted by molar-refractivity contribution is 5.21. The van der Waals surface area contributed by atoms with Gasteiger partial charge in [-0.3, -0.25) is 0 Å². The van der Waals surface area contributed by atoms with Crippen LogP contribution in [0.3, 0.4) is 0 Å². The molecular weight excluding hydrogens is 260 g/mol. The number of nitrogens with two attached hydrogens (primary N) is 1. The summed E-state index contributed by atoms with van der Waals surface area (Å²) in [6.45, 7) is 3.88. The molecule has 3 N–H and O–H groups in total. The molecule has 1 aliphatic carbocycles. The monoisotopic (exact) mass is 288 g/mol. The van der Waals surface area contributed by atoms with Crippen molar-refractivity contribution < 1.29 is 5.11 Å². The highest BCUT2D eigenvalue weighted by Crippen LogP contribution is 2.37. The lowest BCUT2D eigenvalue weighted by molar-refractivity contribution is 0.00524. The van der Waals surface area contributed by atoms with Gasteiger partial charge in [-0.2, -0.15) is 0 Å². The molecule has 116 valence electrons. The fourth-order valence-corrected chi connectivity index (χ4v) is 4.18. The van der Waals surface area contributed by atoms with Crippen LogP contribution in [-0.2, 0) is 0 Å². The third-order valence-corrected chi connectivity index (χ3v) is 5.61. The Morgan fingerprint density at radius 2 is 2.05 bits per heavy atom. The Bertz CT molecular complexity index is 450. The van der Waals surface area contributed by atoms with Crippen LogP contribution in [0.1, 0.15) is 43.6 Å². The number of rotatable bonds is 5. The van der Waals surface area contributed by atoms with E-state index >= 15 is 0 Å². The van der Waals surface area contributed by atoms with Gasteiger partial charge in [-0.25, -0.2) is 0 Å². The zero-order valence-electron chi connectivity index (χ0n) is 12.9. The van der Waals surface area contributed by atoms with Gasteiger partial charge in [0.2, 0.25) is 0 Å². The number of hydrogen-bond acceptors (Lipinski definition) is 3. The molecule has 1 aliphatic heterocycles. The molecule has 3 rings (SSSR count). The molecule has 1 saturated heterocycles. The van der Waals surface area contributed by atoms with E-state index in [1.54, 1.807) is 0 Å². The van der Waals surface area contributed by atoms with Crippen LogP contribution in [0.5, 0.6) is 0 Å². The van der Waals surface area contributed by atoms with Crippen molar-refractivity contribution in [3.8, 4) is 0 Å². The summed E-state index contributed by atoms with van der Waals surface area (Å²) in [7, 11) is 0. The Balaban J connectivity index is 1.49. The summed E-state index contributed by atoms with van der Waals surface area (Å²) >= 11 is 0. The molecule has 1 aromatic carbocycles. The molecule has 0 spiro atoms. The maximum Gasteiger partial charge on any atom is 0.0797 e. The normalized spacial score (nSPS) is 33.6. The first kappa shape index (κ1) is 15.0. The van der Waals surface area contributed by atoms with Gasteiger partial charge in [0.1, 0.15) is 0 Å². The lowest BCUT2D eigenvalue weighted by Crippen LogP contribution is -2.42. The molecule has 0 aromatic heterocycles. The van der Waals surface area contributed by atoms with Crippen molar-refractivity contribution in [1.82, 2.24) is 4.90 Å². The molecule has 0 radical (unpaired) electrons. The first-order chi connectivity index (χ1) is 10.2. The second-order valence-corrected chi connectivity index (χ2v) is 6.88. The van der Waals surface area contributed by atoms with Crippen LogP contribution in [-0.4, -0.2) is 41.8 Å². The Hall–Kier alpha value is -0.900.